The summed E-state index contributed by atoms with van der Waals surface area (Å²) in [5.74, 6) is -1.57. The number of hydrogen-bond acceptors (Lipinski definition) is 3. The van der Waals surface area contributed by atoms with E-state index in [0.717, 1.165) is 19.3 Å². The molecule has 6 heteroatoms. The second-order valence-corrected chi connectivity index (χ2v) is 7.67. The summed E-state index contributed by atoms with van der Waals surface area (Å²) in [6.45, 7) is 1.40. The molecule has 1 saturated carbocycles. The van der Waals surface area contributed by atoms with Crippen LogP contribution in [0.25, 0.3) is 0 Å². The topological polar surface area (TPSA) is 95.5 Å². The minimum Gasteiger partial charge on any atom is -0.480 e. The number of carboxylic acid groups (broad SMARTS) is 1. The third-order valence-electron chi connectivity index (χ3n) is 5.92. The Balaban J connectivity index is 1.39. The quantitative estimate of drug-likeness (QED) is 0.745. The summed E-state index contributed by atoms with van der Waals surface area (Å²) in [6.07, 6.45) is 2.92. The highest BCUT2D eigenvalue weighted by molar-refractivity contribution is 5.99. The van der Waals surface area contributed by atoms with Gasteiger partial charge in [-0.25, -0.2) is 0 Å². The first-order valence-electron chi connectivity index (χ1n) is 9.44. The van der Waals surface area contributed by atoms with Gasteiger partial charge in [-0.3, -0.25) is 14.4 Å². The van der Waals surface area contributed by atoms with Crippen molar-refractivity contribution in [2.24, 2.45) is 5.92 Å². The van der Waals surface area contributed by atoms with Crippen molar-refractivity contribution in [2.45, 2.75) is 37.6 Å². The molecule has 2 amide bonds. The molecule has 1 fully saturated rings. The maximum atomic E-state index is 12.7. The van der Waals surface area contributed by atoms with Crippen molar-refractivity contribution in [2.75, 3.05) is 5.32 Å². The van der Waals surface area contributed by atoms with Gasteiger partial charge in [-0.05, 0) is 61.6 Å². The van der Waals surface area contributed by atoms with Gasteiger partial charge < -0.3 is 15.7 Å². The van der Waals surface area contributed by atoms with Gasteiger partial charge in [0.2, 0.25) is 5.91 Å². The Morgan fingerprint density at radius 1 is 1.11 bits per heavy atom. The van der Waals surface area contributed by atoms with Crippen molar-refractivity contribution in [1.29, 1.82) is 0 Å². The molecule has 4 rings (SSSR count). The summed E-state index contributed by atoms with van der Waals surface area (Å²) < 4.78 is 0. The molecule has 6 nitrogen and oxygen atoms in total. The third-order valence-corrected chi connectivity index (χ3v) is 5.92. The van der Waals surface area contributed by atoms with Gasteiger partial charge >= 0.3 is 5.97 Å². The zero-order valence-electron chi connectivity index (χ0n) is 15.6. The Morgan fingerprint density at radius 2 is 1.82 bits per heavy atom. The molecule has 28 heavy (non-hydrogen) atoms. The van der Waals surface area contributed by atoms with Crippen molar-refractivity contribution >= 4 is 23.5 Å². The van der Waals surface area contributed by atoms with Crippen LogP contribution in [0.4, 0.5) is 5.69 Å². The maximum absolute atomic E-state index is 12.7. The lowest BCUT2D eigenvalue weighted by Gasteiger charge is -2.12. The molecule has 2 aliphatic carbocycles. The summed E-state index contributed by atoms with van der Waals surface area (Å²) in [5.41, 5.74) is 3.63. The molecule has 144 valence electrons. The van der Waals surface area contributed by atoms with Gasteiger partial charge in [0.1, 0.15) is 6.04 Å². The average molecular weight is 378 g/mol. The monoisotopic (exact) mass is 378 g/mol. The van der Waals surface area contributed by atoms with Gasteiger partial charge in [-0.15, -0.1) is 0 Å². The molecule has 0 saturated heterocycles. The van der Waals surface area contributed by atoms with E-state index in [0.29, 0.717) is 11.3 Å². The first-order chi connectivity index (χ1) is 13.4. The number of rotatable bonds is 5. The number of carbonyl (C=O) groups is 3. The Labute approximate surface area is 163 Å². The molecule has 0 radical (unpaired) electrons. The Morgan fingerprint density at radius 3 is 2.54 bits per heavy atom. The number of fused-ring (bicyclic) bond motifs is 2. The molecule has 3 N–H and O–H groups in total. The number of aliphatic carboxylic acids is 1. The average Bonchev–Trinajstić information content (AvgIpc) is 3.31. The van der Waals surface area contributed by atoms with E-state index in [4.69, 9.17) is 5.11 Å². The largest absolute Gasteiger partial charge is 0.480 e. The predicted molar refractivity (Wildman–Crippen MR) is 104 cm³/mol. The predicted octanol–water partition coefficient (Wildman–Crippen LogP) is 2.73. The fraction of sp³-hybridized carbons (Fsp3) is 0.318. The van der Waals surface area contributed by atoms with Crippen molar-refractivity contribution in [3.63, 3.8) is 0 Å². The van der Waals surface area contributed by atoms with Gasteiger partial charge in [-0.2, -0.15) is 0 Å². The molecule has 2 aliphatic rings. The minimum absolute atomic E-state index is 0.00647. The molecule has 0 aromatic heterocycles. The lowest BCUT2D eigenvalue weighted by Crippen LogP contribution is -2.38. The number of hydrogen-bond donors (Lipinski definition) is 3. The smallest absolute Gasteiger partial charge is 0.325 e. The zero-order valence-corrected chi connectivity index (χ0v) is 15.6. The number of aryl methyl sites for hydroxylation is 1. The lowest BCUT2D eigenvalue weighted by atomic mass is 9.95. The second-order valence-electron chi connectivity index (χ2n) is 7.67. The van der Waals surface area contributed by atoms with Crippen LogP contribution in [0.2, 0.25) is 0 Å². The van der Waals surface area contributed by atoms with E-state index < -0.39 is 17.9 Å². The molecular formula is C22H22N2O4. The molecule has 2 aromatic carbocycles. The SMILES string of the molecule is CC(NC(=O)c1ccc(NC(=O)C2CC23CCc2ccccc23)cc1)C(=O)O. The summed E-state index contributed by atoms with van der Waals surface area (Å²) >= 11 is 0. The standard InChI is InChI=1S/C22H22N2O4/c1-13(21(27)28)23-19(25)15-6-8-16(9-7-15)24-20(26)18-12-22(18)11-10-14-4-2-3-5-17(14)22/h2-9,13,18H,10-12H2,1H3,(H,23,25)(H,24,26)(H,27,28). The van der Waals surface area contributed by atoms with Gasteiger partial charge in [0, 0.05) is 22.6 Å². The van der Waals surface area contributed by atoms with E-state index in [2.05, 4.69) is 22.8 Å². The number of carboxylic acids is 1. The van der Waals surface area contributed by atoms with Crippen LogP contribution in [0.5, 0.6) is 0 Å². The van der Waals surface area contributed by atoms with Crippen LogP contribution in [-0.4, -0.2) is 28.9 Å². The van der Waals surface area contributed by atoms with Crippen LogP contribution in [0.3, 0.4) is 0 Å². The first-order valence-corrected chi connectivity index (χ1v) is 9.44. The van der Waals surface area contributed by atoms with Gasteiger partial charge in [0.05, 0.1) is 0 Å². The molecular weight excluding hydrogens is 356 g/mol. The molecule has 3 unspecified atom stereocenters. The number of anilines is 1. The Kier molecular flexibility index (Phi) is 4.41. The van der Waals surface area contributed by atoms with Crippen LogP contribution in [0, 0.1) is 5.92 Å². The van der Waals surface area contributed by atoms with Crippen molar-refractivity contribution in [3.05, 3.63) is 65.2 Å². The van der Waals surface area contributed by atoms with E-state index in [1.165, 1.54) is 18.1 Å². The van der Waals surface area contributed by atoms with Crippen LogP contribution >= 0.6 is 0 Å². The minimum atomic E-state index is -1.09. The molecule has 3 atom stereocenters. The van der Waals surface area contributed by atoms with E-state index >= 15 is 0 Å². The molecule has 0 bridgehead atoms. The van der Waals surface area contributed by atoms with Crippen LogP contribution < -0.4 is 10.6 Å². The second kappa shape index (κ2) is 6.78. The summed E-state index contributed by atoms with van der Waals surface area (Å²) in [4.78, 5) is 35.6. The molecule has 1 spiro atoms. The van der Waals surface area contributed by atoms with Crippen LogP contribution in [-0.2, 0) is 21.4 Å². The third kappa shape index (κ3) is 3.15. The van der Waals surface area contributed by atoms with E-state index in [1.54, 1.807) is 24.3 Å². The highest BCUT2D eigenvalue weighted by Gasteiger charge is 2.61. The zero-order chi connectivity index (χ0) is 19.9. The normalized spacial score (nSPS) is 23.0. The highest BCUT2D eigenvalue weighted by Crippen LogP contribution is 2.61. The van der Waals surface area contributed by atoms with E-state index in [9.17, 15) is 14.4 Å². The summed E-state index contributed by atoms with van der Waals surface area (Å²) in [5, 5.41) is 14.2. The van der Waals surface area contributed by atoms with Crippen LogP contribution in [0.1, 0.15) is 41.3 Å². The first kappa shape index (κ1) is 18.2. The van der Waals surface area contributed by atoms with Crippen molar-refractivity contribution < 1.29 is 19.5 Å². The number of benzene rings is 2. The maximum Gasteiger partial charge on any atom is 0.325 e. The number of amides is 2. The fourth-order valence-corrected chi connectivity index (χ4v) is 4.22. The molecule has 2 aromatic rings. The molecule has 0 heterocycles. The fourth-order valence-electron chi connectivity index (χ4n) is 4.22. The van der Waals surface area contributed by atoms with Gasteiger partial charge in [0.15, 0.2) is 0 Å². The lowest BCUT2D eigenvalue weighted by molar-refractivity contribution is -0.138. The number of nitrogens with one attached hydrogen (secondary N) is 2. The van der Waals surface area contributed by atoms with Crippen molar-refractivity contribution in [1.82, 2.24) is 5.32 Å². The summed E-state index contributed by atoms with van der Waals surface area (Å²) in [6, 6.07) is 13.9. The Hall–Kier alpha value is -3.15. The summed E-state index contributed by atoms with van der Waals surface area (Å²) in [7, 11) is 0. The van der Waals surface area contributed by atoms with E-state index in [1.807, 2.05) is 12.1 Å². The van der Waals surface area contributed by atoms with Crippen LogP contribution in [0.15, 0.2) is 48.5 Å². The highest BCUT2D eigenvalue weighted by atomic mass is 16.4. The van der Waals surface area contributed by atoms with Gasteiger partial charge in [0.25, 0.3) is 5.91 Å². The van der Waals surface area contributed by atoms with Crippen molar-refractivity contribution in [3.8, 4) is 0 Å². The molecule has 0 aliphatic heterocycles. The van der Waals surface area contributed by atoms with E-state index in [-0.39, 0.29) is 17.2 Å². The van der Waals surface area contributed by atoms with Gasteiger partial charge in [-0.1, -0.05) is 24.3 Å². The Bertz CT molecular complexity index is 953. The number of carbonyl (C=O) groups excluding carboxylic acids is 2.